The summed E-state index contributed by atoms with van der Waals surface area (Å²) in [4.78, 5) is 28.6. The van der Waals surface area contributed by atoms with Crippen LogP contribution in [0.5, 0.6) is 0 Å². The topological polar surface area (TPSA) is 64.7 Å². The Morgan fingerprint density at radius 3 is 1.96 bits per heavy atom. The van der Waals surface area contributed by atoms with E-state index in [1.807, 2.05) is 20.8 Å². The summed E-state index contributed by atoms with van der Waals surface area (Å²) in [5, 5.41) is 6.17. The van der Waals surface area contributed by atoms with Crippen molar-refractivity contribution in [3.05, 3.63) is 0 Å². The molecule has 0 bridgehead atoms. The van der Waals surface area contributed by atoms with Crippen molar-refractivity contribution in [3.8, 4) is 0 Å². The average molecular weight is 338 g/mol. The van der Waals surface area contributed by atoms with Gasteiger partial charge in [-0.15, -0.1) is 0 Å². The molecule has 138 valence electrons. The molecule has 24 heavy (non-hydrogen) atoms. The van der Waals surface area contributed by atoms with Crippen LogP contribution in [0, 0.1) is 0 Å². The molecule has 2 amide bonds. The highest BCUT2D eigenvalue weighted by atomic mass is 16.2. The predicted molar refractivity (Wildman–Crippen MR) is 95.8 cm³/mol. The van der Waals surface area contributed by atoms with Gasteiger partial charge < -0.3 is 10.6 Å². The number of carbonyl (C=O) groups is 2. The van der Waals surface area contributed by atoms with E-state index in [9.17, 15) is 9.59 Å². The lowest BCUT2D eigenvalue weighted by Gasteiger charge is -2.25. The van der Waals surface area contributed by atoms with Gasteiger partial charge in [0, 0.05) is 24.7 Å². The van der Waals surface area contributed by atoms with Crippen LogP contribution < -0.4 is 10.6 Å². The maximum absolute atomic E-state index is 12.2. The molecule has 1 heterocycles. The third kappa shape index (κ3) is 7.18. The van der Waals surface area contributed by atoms with Gasteiger partial charge in [-0.1, -0.05) is 12.8 Å². The minimum atomic E-state index is -0.187. The largest absolute Gasteiger partial charge is 0.352 e. The Hall–Kier alpha value is -1.14. The summed E-state index contributed by atoms with van der Waals surface area (Å²) in [6, 6.07) is 0.391. The molecule has 0 radical (unpaired) electrons. The number of hydrogen-bond donors (Lipinski definition) is 2. The van der Waals surface area contributed by atoms with Gasteiger partial charge in [0.05, 0.1) is 13.1 Å². The molecule has 1 saturated heterocycles. The van der Waals surface area contributed by atoms with Crippen LogP contribution in [0.4, 0.5) is 0 Å². The zero-order valence-corrected chi connectivity index (χ0v) is 15.6. The van der Waals surface area contributed by atoms with Crippen molar-refractivity contribution in [2.75, 3.05) is 39.3 Å². The predicted octanol–water partition coefficient (Wildman–Crippen LogP) is 0.968. The zero-order valence-electron chi connectivity index (χ0n) is 15.6. The molecule has 6 nitrogen and oxygen atoms in total. The Kier molecular flexibility index (Phi) is 7.04. The van der Waals surface area contributed by atoms with Crippen LogP contribution in [0.1, 0.15) is 52.9 Å². The number of nitrogens with one attached hydrogen (secondary N) is 2. The number of amides is 2. The van der Waals surface area contributed by atoms with Gasteiger partial charge in [-0.3, -0.25) is 19.4 Å². The van der Waals surface area contributed by atoms with Crippen molar-refractivity contribution in [2.45, 2.75) is 64.5 Å². The van der Waals surface area contributed by atoms with Gasteiger partial charge in [0.25, 0.3) is 0 Å². The van der Waals surface area contributed by atoms with E-state index in [1.54, 1.807) is 0 Å². The fraction of sp³-hybridized carbons (Fsp3) is 0.889. The second-order valence-electron chi connectivity index (χ2n) is 8.25. The van der Waals surface area contributed by atoms with Gasteiger partial charge in [0.15, 0.2) is 0 Å². The van der Waals surface area contributed by atoms with Crippen molar-refractivity contribution in [3.63, 3.8) is 0 Å². The van der Waals surface area contributed by atoms with E-state index in [0.717, 1.165) is 45.4 Å². The first-order chi connectivity index (χ1) is 11.3. The van der Waals surface area contributed by atoms with Gasteiger partial charge >= 0.3 is 0 Å². The fourth-order valence-corrected chi connectivity index (χ4v) is 3.55. The van der Waals surface area contributed by atoms with E-state index in [2.05, 4.69) is 20.4 Å². The van der Waals surface area contributed by atoms with Gasteiger partial charge in [-0.2, -0.15) is 0 Å². The van der Waals surface area contributed by atoms with E-state index in [4.69, 9.17) is 0 Å². The summed E-state index contributed by atoms with van der Waals surface area (Å²) >= 11 is 0. The molecule has 1 aliphatic carbocycles. The molecule has 6 heteroatoms. The molecule has 1 saturated carbocycles. The van der Waals surface area contributed by atoms with Crippen LogP contribution in [0.25, 0.3) is 0 Å². The maximum Gasteiger partial charge on any atom is 0.234 e. The van der Waals surface area contributed by atoms with E-state index < -0.39 is 0 Å². The molecule has 2 rings (SSSR count). The van der Waals surface area contributed by atoms with Crippen LogP contribution in [0.3, 0.4) is 0 Å². The Bertz CT molecular complexity index is 427. The minimum absolute atomic E-state index is 0.0786. The van der Waals surface area contributed by atoms with Crippen LogP contribution in [0.2, 0.25) is 0 Å². The van der Waals surface area contributed by atoms with E-state index in [-0.39, 0.29) is 17.4 Å². The van der Waals surface area contributed by atoms with Crippen LogP contribution in [0.15, 0.2) is 0 Å². The standard InChI is InChI=1S/C18H34N4O2/c1-18(2,3)20-17(24)14-22-10-6-9-21(11-12-22)13-16(23)19-15-7-4-5-8-15/h15H,4-14H2,1-3H3,(H,19,23)(H,20,24). The van der Waals surface area contributed by atoms with E-state index >= 15 is 0 Å². The van der Waals surface area contributed by atoms with Gasteiger partial charge in [0.2, 0.25) is 11.8 Å². The second kappa shape index (κ2) is 8.81. The molecule has 0 atom stereocenters. The molecule has 1 aliphatic heterocycles. The van der Waals surface area contributed by atoms with Crippen molar-refractivity contribution >= 4 is 11.8 Å². The number of rotatable bonds is 5. The minimum Gasteiger partial charge on any atom is -0.352 e. The lowest BCUT2D eigenvalue weighted by atomic mass is 10.1. The molecule has 0 aromatic carbocycles. The van der Waals surface area contributed by atoms with Crippen molar-refractivity contribution in [2.24, 2.45) is 0 Å². The summed E-state index contributed by atoms with van der Waals surface area (Å²) in [6.45, 7) is 10.5. The fourth-order valence-electron chi connectivity index (χ4n) is 3.55. The molecular weight excluding hydrogens is 304 g/mol. The van der Waals surface area contributed by atoms with Crippen LogP contribution in [-0.2, 0) is 9.59 Å². The van der Waals surface area contributed by atoms with Gasteiger partial charge in [-0.25, -0.2) is 0 Å². The average Bonchev–Trinajstić information content (AvgIpc) is 2.85. The van der Waals surface area contributed by atoms with Gasteiger partial charge in [0.1, 0.15) is 0 Å². The molecule has 2 aliphatic rings. The summed E-state index contributed by atoms with van der Waals surface area (Å²) < 4.78 is 0. The third-order valence-electron chi connectivity index (χ3n) is 4.65. The first-order valence-electron chi connectivity index (χ1n) is 9.37. The quantitative estimate of drug-likeness (QED) is 0.784. The molecule has 0 unspecified atom stereocenters. The number of carbonyl (C=O) groups excluding carboxylic acids is 2. The molecule has 0 aromatic rings. The van der Waals surface area contributed by atoms with Gasteiger partial charge in [-0.05, 0) is 53.1 Å². The summed E-state index contributed by atoms with van der Waals surface area (Å²) in [7, 11) is 0. The SMILES string of the molecule is CC(C)(C)NC(=O)CN1CCCN(CC(=O)NC2CCCC2)CC1. The summed E-state index contributed by atoms with van der Waals surface area (Å²) in [5.74, 6) is 0.232. The zero-order chi connectivity index (χ0) is 17.6. The first-order valence-corrected chi connectivity index (χ1v) is 9.37. The molecule has 0 spiro atoms. The molecule has 2 N–H and O–H groups in total. The number of hydrogen-bond acceptors (Lipinski definition) is 4. The van der Waals surface area contributed by atoms with E-state index in [0.29, 0.717) is 19.1 Å². The smallest absolute Gasteiger partial charge is 0.234 e. The molecule has 2 fully saturated rings. The van der Waals surface area contributed by atoms with Crippen LogP contribution >= 0.6 is 0 Å². The highest BCUT2D eigenvalue weighted by Crippen LogP contribution is 2.17. The lowest BCUT2D eigenvalue weighted by Crippen LogP contribution is -2.46. The van der Waals surface area contributed by atoms with Crippen LogP contribution in [-0.4, -0.2) is 72.5 Å². The summed E-state index contributed by atoms with van der Waals surface area (Å²) in [6.07, 6.45) is 5.73. The van der Waals surface area contributed by atoms with E-state index in [1.165, 1.54) is 12.8 Å². The molecule has 0 aromatic heterocycles. The lowest BCUT2D eigenvalue weighted by molar-refractivity contribution is -0.124. The third-order valence-corrected chi connectivity index (χ3v) is 4.65. The monoisotopic (exact) mass is 338 g/mol. The molecular formula is C18H34N4O2. The Labute approximate surface area is 146 Å². The summed E-state index contributed by atoms with van der Waals surface area (Å²) in [5.41, 5.74) is -0.187. The van der Waals surface area contributed by atoms with Crippen molar-refractivity contribution in [1.82, 2.24) is 20.4 Å². The normalized spacial score (nSPS) is 21.5. The Morgan fingerprint density at radius 2 is 1.42 bits per heavy atom. The second-order valence-corrected chi connectivity index (χ2v) is 8.25. The maximum atomic E-state index is 12.2. The Morgan fingerprint density at radius 1 is 0.875 bits per heavy atom. The van der Waals surface area contributed by atoms with Crippen molar-refractivity contribution < 1.29 is 9.59 Å². The highest BCUT2D eigenvalue weighted by Gasteiger charge is 2.22. The Balaban J connectivity index is 1.69. The highest BCUT2D eigenvalue weighted by molar-refractivity contribution is 5.79. The number of nitrogens with zero attached hydrogens (tertiary/aromatic N) is 2. The first kappa shape index (κ1) is 19.2. The van der Waals surface area contributed by atoms with Crippen molar-refractivity contribution in [1.29, 1.82) is 0 Å².